The van der Waals surface area contributed by atoms with Crippen LogP contribution in [0.4, 0.5) is 0 Å². The number of hydrogen-bond donors (Lipinski definition) is 2. The lowest BCUT2D eigenvalue weighted by molar-refractivity contribution is -0.122. The van der Waals surface area contributed by atoms with Gasteiger partial charge in [0.25, 0.3) is 0 Å². The first-order valence-corrected chi connectivity index (χ1v) is 7.98. The molecule has 0 spiro atoms. The topological polar surface area (TPSA) is 54.0 Å². The summed E-state index contributed by atoms with van der Waals surface area (Å²) in [6.45, 7) is 5.07. The van der Waals surface area contributed by atoms with Crippen LogP contribution in [0.1, 0.15) is 55.8 Å². The molecule has 0 bridgehead atoms. The second kappa shape index (κ2) is 7.01. The van der Waals surface area contributed by atoms with E-state index in [-0.39, 0.29) is 11.9 Å². The Bertz CT molecular complexity index is 413. The fourth-order valence-electron chi connectivity index (χ4n) is 2.42. The van der Waals surface area contributed by atoms with Crippen molar-refractivity contribution in [3.05, 3.63) is 16.1 Å². The maximum Gasteiger partial charge on any atom is 0.220 e. The first-order valence-electron chi connectivity index (χ1n) is 7.10. The van der Waals surface area contributed by atoms with Crippen molar-refractivity contribution in [2.24, 2.45) is 0 Å². The zero-order valence-electron chi connectivity index (χ0n) is 11.7. The van der Waals surface area contributed by atoms with Crippen molar-refractivity contribution in [1.82, 2.24) is 15.6 Å². The van der Waals surface area contributed by atoms with Crippen LogP contribution in [0, 0.1) is 6.92 Å². The predicted octanol–water partition coefficient (Wildman–Crippen LogP) is 2.55. The zero-order chi connectivity index (χ0) is 13.7. The number of piperidine rings is 1. The van der Waals surface area contributed by atoms with E-state index in [1.54, 1.807) is 11.3 Å². The third-order valence-electron chi connectivity index (χ3n) is 3.52. The van der Waals surface area contributed by atoms with Crippen molar-refractivity contribution in [1.29, 1.82) is 0 Å². The van der Waals surface area contributed by atoms with E-state index in [0.29, 0.717) is 12.5 Å². The minimum atomic E-state index is 0.0190. The van der Waals surface area contributed by atoms with Crippen LogP contribution in [-0.2, 0) is 4.79 Å². The summed E-state index contributed by atoms with van der Waals surface area (Å²) >= 11 is 1.61. The third-order valence-corrected chi connectivity index (χ3v) is 4.66. The van der Waals surface area contributed by atoms with Gasteiger partial charge in [0.2, 0.25) is 5.91 Å². The Labute approximate surface area is 119 Å². The van der Waals surface area contributed by atoms with E-state index in [1.807, 2.05) is 19.2 Å². The number of thiazole rings is 1. The van der Waals surface area contributed by atoms with Crippen LogP contribution in [0.25, 0.3) is 0 Å². The number of aryl methyl sites for hydroxylation is 1. The number of amides is 1. The van der Waals surface area contributed by atoms with E-state index in [0.717, 1.165) is 23.7 Å². The van der Waals surface area contributed by atoms with Crippen molar-refractivity contribution < 1.29 is 4.79 Å². The fraction of sp³-hybridized carbons (Fsp3) is 0.714. The number of carbonyl (C=O) groups excluding carboxylic acids is 1. The van der Waals surface area contributed by atoms with Gasteiger partial charge in [0, 0.05) is 23.5 Å². The van der Waals surface area contributed by atoms with Gasteiger partial charge in [0.05, 0.1) is 6.04 Å². The Hall–Kier alpha value is -0.940. The minimum Gasteiger partial charge on any atom is -0.347 e. The second-order valence-corrected chi connectivity index (χ2v) is 6.19. The summed E-state index contributed by atoms with van der Waals surface area (Å²) < 4.78 is 0. The Morgan fingerprint density at radius 3 is 3.11 bits per heavy atom. The van der Waals surface area contributed by atoms with Gasteiger partial charge in [-0.15, -0.1) is 11.3 Å². The maximum absolute atomic E-state index is 11.9. The van der Waals surface area contributed by atoms with E-state index < -0.39 is 0 Å². The molecule has 2 N–H and O–H groups in total. The molecule has 106 valence electrons. The van der Waals surface area contributed by atoms with E-state index in [2.05, 4.69) is 15.6 Å². The summed E-state index contributed by atoms with van der Waals surface area (Å²) in [7, 11) is 0. The maximum atomic E-state index is 11.9. The Morgan fingerprint density at radius 2 is 2.47 bits per heavy atom. The number of nitrogens with zero attached hydrogens (tertiary/aromatic N) is 1. The van der Waals surface area contributed by atoms with E-state index in [9.17, 15) is 4.79 Å². The van der Waals surface area contributed by atoms with Crippen molar-refractivity contribution in [2.75, 3.05) is 6.54 Å². The lowest BCUT2D eigenvalue weighted by atomic mass is 10.0. The minimum absolute atomic E-state index is 0.0190. The van der Waals surface area contributed by atoms with Gasteiger partial charge < -0.3 is 10.6 Å². The van der Waals surface area contributed by atoms with Gasteiger partial charge in [0.1, 0.15) is 5.01 Å². The van der Waals surface area contributed by atoms with Gasteiger partial charge in [-0.1, -0.05) is 6.42 Å². The van der Waals surface area contributed by atoms with Crippen LogP contribution in [0.15, 0.2) is 5.38 Å². The first kappa shape index (κ1) is 14.5. The van der Waals surface area contributed by atoms with Crippen molar-refractivity contribution in [2.45, 2.75) is 58.0 Å². The van der Waals surface area contributed by atoms with Gasteiger partial charge in [0.15, 0.2) is 0 Å². The molecule has 2 rings (SSSR count). The zero-order valence-corrected chi connectivity index (χ0v) is 12.6. The van der Waals surface area contributed by atoms with Gasteiger partial charge in [-0.2, -0.15) is 0 Å². The van der Waals surface area contributed by atoms with Crippen LogP contribution in [-0.4, -0.2) is 23.5 Å². The molecule has 2 heterocycles. The Kier molecular flexibility index (Phi) is 5.34. The lowest BCUT2D eigenvalue weighted by Gasteiger charge is -2.23. The molecule has 1 aliphatic heterocycles. The molecule has 0 radical (unpaired) electrons. The molecular weight excluding hydrogens is 258 g/mol. The summed E-state index contributed by atoms with van der Waals surface area (Å²) in [5.74, 6) is 0.132. The Balaban J connectivity index is 1.71. The molecule has 2 atom stereocenters. The highest BCUT2D eigenvalue weighted by Crippen LogP contribution is 2.18. The number of nitrogens with one attached hydrogen (secondary N) is 2. The summed E-state index contributed by atoms with van der Waals surface area (Å²) in [5, 5.41) is 9.51. The lowest BCUT2D eigenvalue weighted by Crippen LogP contribution is -2.35. The van der Waals surface area contributed by atoms with Crippen molar-refractivity contribution in [3.8, 4) is 0 Å². The predicted molar refractivity (Wildman–Crippen MR) is 78.3 cm³/mol. The quantitative estimate of drug-likeness (QED) is 0.872. The van der Waals surface area contributed by atoms with Crippen LogP contribution in [0.3, 0.4) is 0 Å². The molecule has 2 unspecified atom stereocenters. The molecule has 1 saturated heterocycles. The average Bonchev–Trinajstić information content (AvgIpc) is 2.84. The molecule has 1 fully saturated rings. The molecule has 0 aromatic carbocycles. The molecule has 4 nitrogen and oxygen atoms in total. The molecule has 19 heavy (non-hydrogen) atoms. The second-order valence-electron chi connectivity index (χ2n) is 5.30. The highest BCUT2D eigenvalue weighted by Gasteiger charge is 2.16. The van der Waals surface area contributed by atoms with Gasteiger partial charge in [-0.3, -0.25) is 4.79 Å². The monoisotopic (exact) mass is 281 g/mol. The molecule has 1 aromatic rings. The number of aromatic nitrogens is 1. The fourth-order valence-corrected chi connectivity index (χ4v) is 3.23. The standard InChI is InChI=1S/C14H23N3OS/c1-10-9-19-14(16-10)11(2)17-13(18)7-6-12-5-3-4-8-15-12/h9,11-12,15H,3-8H2,1-2H3,(H,17,18). The van der Waals surface area contributed by atoms with Crippen LogP contribution < -0.4 is 10.6 Å². The van der Waals surface area contributed by atoms with Crippen molar-refractivity contribution in [3.63, 3.8) is 0 Å². The van der Waals surface area contributed by atoms with Crippen LogP contribution >= 0.6 is 11.3 Å². The van der Waals surface area contributed by atoms with Gasteiger partial charge >= 0.3 is 0 Å². The highest BCUT2D eigenvalue weighted by molar-refractivity contribution is 7.09. The third kappa shape index (κ3) is 4.58. The van der Waals surface area contributed by atoms with E-state index in [1.165, 1.54) is 19.3 Å². The number of rotatable bonds is 5. The van der Waals surface area contributed by atoms with Gasteiger partial charge in [-0.25, -0.2) is 4.98 Å². The summed E-state index contributed by atoms with van der Waals surface area (Å²) in [6.07, 6.45) is 5.30. The largest absolute Gasteiger partial charge is 0.347 e. The van der Waals surface area contributed by atoms with E-state index >= 15 is 0 Å². The number of hydrogen-bond acceptors (Lipinski definition) is 4. The Morgan fingerprint density at radius 1 is 1.63 bits per heavy atom. The van der Waals surface area contributed by atoms with Gasteiger partial charge in [-0.05, 0) is 39.7 Å². The SMILES string of the molecule is Cc1csc(C(C)NC(=O)CCC2CCCCN2)n1. The average molecular weight is 281 g/mol. The molecule has 1 aliphatic rings. The smallest absolute Gasteiger partial charge is 0.220 e. The summed E-state index contributed by atoms with van der Waals surface area (Å²) in [5.41, 5.74) is 1.02. The highest BCUT2D eigenvalue weighted by atomic mass is 32.1. The molecule has 1 amide bonds. The molecule has 1 aromatic heterocycles. The summed E-state index contributed by atoms with van der Waals surface area (Å²) in [4.78, 5) is 16.3. The molecule has 0 saturated carbocycles. The number of carbonyl (C=O) groups is 1. The first-order chi connectivity index (χ1) is 9.15. The van der Waals surface area contributed by atoms with Crippen LogP contribution in [0.5, 0.6) is 0 Å². The molecule has 5 heteroatoms. The molecule has 0 aliphatic carbocycles. The van der Waals surface area contributed by atoms with Crippen molar-refractivity contribution >= 4 is 17.2 Å². The normalized spacial score (nSPS) is 21.1. The molecular formula is C14H23N3OS. The van der Waals surface area contributed by atoms with Crippen LogP contribution in [0.2, 0.25) is 0 Å². The van der Waals surface area contributed by atoms with E-state index in [4.69, 9.17) is 0 Å². The summed E-state index contributed by atoms with van der Waals surface area (Å²) in [6, 6.07) is 0.544.